The minimum atomic E-state index is 0.0378. The van der Waals surface area contributed by atoms with Gasteiger partial charge in [0.1, 0.15) is 0 Å². The van der Waals surface area contributed by atoms with Gasteiger partial charge in [-0.15, -0.1) is 0 Å². The van der Waals surface area contributed by atoms with Gasteiger partial charge in [0, 0.05) is 16.7 Å². The molecule has 2 unspecified atom stereocenters. The summed E-state index contributed by atoms with van der Waals surface area (Å²) in [7, 11) is 0. The first-order valence-corrected chi connectivity index (χ1v) is 7.49. The summed E-state index contributed by atoms with van der Waals surface area (Å²) in [6.45, 7) is 5.13. The van der Waals surface area contributed by atoms with E-state index in [0.717, 1.165) is 36.2 Å². The van der Waals surface area contributed by atoms with E-state index in [1.54, 1.807) is 0 Å². The van der Waals surface area contributed by atoms with Gasteiger partial charge in [0.25, 0.3) is 0 Å². The van der Waals surface area contributed by atoms with Gasteiger partial charge in [0.15, 0.2) is 5.96 Å². The van der Waals surface area contributed by atoms with Crippen LogP contribution in [-0.2, 0) is 0 Å². The number of nitrogens with one attached hydrogen (secondary N) is 1. The number of halogens is 1. The van der Waals surface area contributed by atoms with E-state index in [1.165, 1.54) is 0 Å². The number of nitrogens with zero attached hydrogens (tertiary/aromatic N) is 2. The molecule has 2 heterocycles. The average molecular weight is 323 g/mol. The molecule has 0 bridgehead atoms. The van der Waals surface area contributed by atoms with Crippen molar-refractivity contribution in [2.24, 2.45) is 16.6 Å². The van der Waals surface area contributed by atoms with Gasteiger partial charge in [-0.25, -0.2) is 0 Å². The Morgan fingerprint density at radius 1 is 1.53 bits per heavy atom. The Morgan fingerprint density at radius 2 is 2.37 bits per heavy atom. The molecule has 3 rings (SSSR count). The summed E-state index contributed by atoms with van der Waals surface area (Å²) in [5.41, 5.74) is 7.33. The first kappa shape index (κ1) is 12.9. The van der Waals surface area contributed by atoms with Crippen molar-refractivity contribution >= 4 is 27.6 Å². The molecule has 5 heteroatoms. The lowest BCUT2D eigenvalue weighted by Gasteiger charge is -2.46. The highest BCUT2D eigenvalue weighted by molar-refractivity contribution is 9.10. The predicted molar refractivity (Wildman–Crippen MR) is 82.5 cm³/mol. The number of nitrogens with two attached hydrogens (primary N) is 1. The van der Waals surface area contributed by atoms with Crippen molar-refractivity contribution in [2.75, 3.05) is 24.5 Å². The quantitative estimate of drug-likeness (QED) is 0.831. The summed E-state index contributed by atoms with van der Waals surface area (Å²) in [5, 5.41) is 3.46. The van der Waals surface area contributed by atoms with Crippen LogP contribution < -0.4 is 16.0 Å². The summed E-state index contributed by atoms with van der Waals surface area (Å²) < 4.78 is 1.07. The molecular formula is C14H19BrN4. The molecule has 1 aromatic carbocycles. The van der Waals surface area contributed by atoms with Crippen LogP contribution in [0.1, 0.15) is 13.3 Å². The lowest BCUT2D eigenvalue weighted by molar-refractivity contribution is 0.240. The van der Waals surface area contributed by atoms with Gasteiger partial charge in [-0.1, -0.05) is 28.9 Å². The largest absolute Gasteiger partial charge is 0.369 e. The third-order valence-electron chi connectivity index (χ3n) is 4.36. The van der Waals surface area contributed by atoms with Gasteiger partial charge in [-0.05, 0) is 37.1 Å². The molecular weight excluding hydrogens is 304 g/mol. The maximum Gasteiger partial charge on any atom is 0.196 e. The van der Waals surface area contributed by atoms with Crippen LogP contribution >= 0.6 is 15.9 Å². The zero-order chi connectivity index (χ0) is 13.5. The van der Waals surface area contributed by atoms with Crippen LogP contribution in [0.15, 0.2) is 33.7 Å². The Kier molecular flexibility index (Phi) is 3.27. The van der Waals surface area contributed by atoms with Crippen molar-refractivity contribution in [3.8, 4) is 0 Å². The van der Waals surface area contributed by atoms with Gasteiger partial charge in [0.2, 0.25) is 0 Å². The van der Waals surface area contributed by atoms with Gasteiger partial charge < -0.3 is 16.0 Å². The first-order valence-electron chi connectivity index (χ1n) is 6.70. The van der Waals surface area contributed by atoms with Crippen LogP contribution in [0.25, 0.3) is 0 Å². The third-order valence-corrected chi connectivity index (χ3v) is 4.85. The van der Waals surface area contributed by atoms with Crippen molar-refractivity contribution in [1.82, 2.24) is 5.32 Å². The SMILES string of the molecule is CC1CNCCC12CN=C(N)N2c1cccc(Br)c1. The Hall–Kier alpha value is -1.07. The van der Waals surface area contributed by atoms with E-state index in [0.29, 0.717) is 11.9 Å². The molecule has 0 saturated carbocycles. The second kappa shape index (κ2) is 4.80. The van der Waals surface area contributed by atoms with Crippen LogP contribution in [0.2, 0.25) is 0 Å². The molecule has 1 spiro atoms. The van der Waals surface area contributed by atoms with Crippen LogP contribution in [0, 0.1) is 5.92 Å². The highest BCUT2D eigenvalue weighted by atomic mass is 79.9. The van der Waals surface area contributed by atoms with Crippen LogP contribution in [0.4, 0.5) is 5.69 Å². The summed E-state index contributed by atoms with van der Waals surface area (Å²) in [5.74, 6) is 1.16. The van der Waals surface area contributed by atoms with Crippen molar-refractivity contribution in [3.05, 3.63) is 28.7 Å². The number of hydrogen-bond acceptors (Lipinski definition) is 4. The van der Waals surface area contributed by atoms with Gasteiger partial charge >= 0.3 is 0 Å². The molecule has 3 N–H and O–H groups in total. The van der Waals surface area contributed by atoms with Crippen LogP contribution in [0.5, 0.6) is 0 Å². The number of piperidine rings is 1. The number of hydrogen-bond donors (Lipinski definition) is 2. The molecule has 0 amide bonds. The highest BCUT2D eigenvalue weighted by Gasteiger charge is 2.48. The Labute approximate surface area is 122 Å². The first-order chi connectivity index (χ1) is 9.13. The van der Waals surface area contributed by atoms with E-state index in [4.69, 9.17) is 5.73 Å². The molecule has 19 heavy (non-hydrogen) atoms. The number of rotatable bonds is 1. The molecule has 4 nitrogen and oxygen atoms in total. The van der Waals surface area contributed by atoms with Crippen LogP contribution in [0.3, 0.4) is 0 Å². The van der Waals surface area contributed by atoms with Crippen molar-refractivity contribution in [2.45, 2.75) is 18.9 Å². The molecule has 1 aromatic rings. The van der Waals surface area contributed by atoms with E-state index in [2.05, 4.69) is 50.2 Å². The minimum Gasteiger partial charge on any atom is -0.369 e. The monoisotopic (exact) mass is 322 g/mol. The fraction of sp³-hybridized carbons (Fsp3) is 0.500. The summed E-state index contributed by atoms with van der Waals surface area (Å²) in [6.07, 6.45) is 1.07. The highest BCUT2D eigenvalue weighted by Crippen LogP contribution is 2.39. The summed E-state index contributed by atoms with van der Waals surface area (Å²) in [4.78, 5) is 6.77. The molecule has 0 aromatic heterocycles. The number of anilines is 1. The summed E-state index contributed by atoms with van der Waals surface area (Å²) in [6, 6.07) is 8.30. The van der Waals surface area contributed by atoms with E-state index in [-0.39, 0.29) is 5.54 Å². The Bertz CT molecular complexity index is 516. The maximum atomic E-state index is 6.17. The second-order valence-corrected chi connectivity index (χ2v) is 6.36. The molecule has 2 atom stereocenters. The average Bonchev–Trinajstić information content (AvgIpc) is 2.71. The van der Waals surface area contributed by atoms with Crippen molar-refractivity contribution in [1.29, 1.82) is 0 Å². The maximum absolute atomic E-state index is 6.17. The smallest absolute Gasteiger partial charge is 0.196 e. The van der Waals surface area contributed by atoms with Gasteiger partial charge in [-0.2, -0.15) is 0 Å². The van der Waals surface area contributed by atoms with Gasteiger partial charge in [-0.3, -0.25) is 4.99 Å². The molecule has 1 saturated heterocycles. The standard InChI is InChI=1S/C14H19BrN4/c1-10-8-17-6-5-14(10)9-18-13(16)19(14)12-4-2-3-11(15)7-12/h2-4,7,10,17H,5-6,8-9H2,1H3,(H2,16,18). The molecule has 1 fully saturated rings. The number of guanidine groups is 1. The van der Waals surface area contributed by atoms with Crippen LogP contribution in [-0.4, -0.2) is 31.1 Å². The normalized spacial score (nSPS) is 30.7. The third kappa shape index (κ3) is 2.05. The Balaban J connectivity index is 2.03. The fourth-order valence-corrected chi connectivity index (χ4v) is 3.61. The topological polar surface area (TPSA) is 53.6 Å². The lowest BCUT2D eigenvalue weighted by Crippen LogP contribution is -2.61. The summed E-state index contributed by atoms with van der Waals surface area (Å²) >= 11 is 3.54. The van der Waals surface area contributed by atoms with E-state index < -0.39 is 0 Å². The van der Waals surface area contributed by atoms with E-state index >= 15 is 0 Å². The minimum absolute atomic E-state index is 0.0378. The molecule has 0 radical (unpaired) electrons. The van der Waals surface area contributed by atoms with E-state index in [1.807, 2.05) is 12.1 Å². The zero-order valence-electron chi connectivity index (χ0n) is 11.1. The molecule has 102 valence electrons. The molecule has 2 aliphatic heterocycles. The zero-order valence-corrected chi connectivity index (χ0v) is 12.7. The number of benzene rings is 1. The number of aliphatic imine (C=N–C) groups is 1. The lowest BCUT2D eigenvalue weighted by atomic mass is 9.78. The molecule has 2 aliphatic rings. The van der Waals surface area contributed by atoms with E-state index in [9.17, 15) is 0 Å². The second-order valence-electron chi connectivity index (χ2n) is 5.45. The fourth-order valence-electron chi connectivity index (χ4n) is 3.22. The van der Waals surface area contributed by atoms with Crippen molar-refractivity contribution in [3.63, 3.8) is 0 Å². The Morgan fingerprint density at radius 3 is 3.11 bits per heavy atom. The predicted octanol–water partition coefficient (Wildman–Crippen LogP) is 1.95. The van der Waals surface area contributed by atoms with Crippen molar-refractivity contribution < 1.29 is 0 Å². The molecule has 0 aliphatic carbocycles. The van der Waals surface area contributed by atoms with Gasteiger partial charge in [0.05, 0.1) is 12.1 Å².